The molecule has 0 saturated heterocycles. The number of nitrogens with zero attached hydrogens (tertiary/aromatic N) is 3. The van der Waals surface area contributed by atoms with Crippen molar-refractivity contribution in [3.63, 3.8) is 0 Å². The molecule has 0 saturated carbocycles. The van der Waals surface area contributed by atoms with E-state index in [1.54, 1.807) is 36.3 Å². The van der Waals surface area contributed by atoms with Gasteiger partial charge in [-0.15, -0.1) is 11.8 Å². The van der Waals surface area contributed by atoms with Gasteiger partial charge in [0.05, 0.1) is 22.6 Å². The van der Waals surface area contributed by atoms with Crippen LogP contribution in [0.5, 0.6) is 5.75 Å². The molecule has 9 heteroatoms. The Morgan fingerprint density at radius 2 is 1.87 bits per heavy atom. The summed E-state index contributed by atoms with van der Waals surface area (Å²) in [5.74, 6) is 0.496. The minimum Gasteiger partial charge on any atom is -0.494 e. The van der Waals surface area contributed by atoms with E-state index in [2.05, 4.69) is 18.7 Å². The molecule has 0 unspecified atom stereocenters. The standard InChI is InChI=1S/C22H25ClFN3O2S2/c1-4-26(5-2)12-13-27(19(28)14-30-16-8-6-15(24)7-9-16)22-25-20-18(29-3)11-10-17(23)21(20)31-22/h6-11H,4-5,12-14H2,1-3H3. The molecule has 1 aromatic heterocycles. The van der Waals surface area contributed by atoms with Crippen LogP contribution in [-0.2, 0) is 4.79 Å². The molecule has 0 aliphatic carbocycles. The number of hydrogen-bond donors (Lipinski definition) is 0. The van der Waals surface area contributed by atoms with Crippen molar-refractivity contribution in [2.75, 3.05) is 43.9 Å². The van der Waals surface area contributed by atoms with Crippen molar-refractivity contribution in [1.82, 2.24) is 9.88 Å². The number of anilines is 1. The molecule has 0 aliphatic rings. The number of rotatable bonds is 10. The highest BCUT2D eigenvalue weighted by atomic mass is 35.5. The van der Waals surface area contributed by atoms with Gasteiger partial charge in [-0.1, -0.05) is 36.8 Å². The van der Waals surface area contributed by atoms with Gasteiger partial charge in [0.2, 0.25) is 5.91 Å². The number of benzene rings is 2. The van der Waals surface area contributed by atoms with Crippen LogP contribution in [0.25, 0.3) is 10.2 Å². The lowest BCUT2D eigenvalue weighted by Gasteiger charge is -2.24. The first kappa shape index (κ1) is 23.8. The number of halogens is 2. The van der Waals surface area contributed by atoms with Crippen molar-refractivity contribution in [1.29, 1.82) is 0 Å². The predicted molar refractivity (Wildman–Crippen MR) is 128 cm³/mol. The van der Waals surface area contributed by atoms with Gasteiger partial charge in [-0.3, -0.25) is 9.69 Å². The van der Waals surface area contributed by atoms with E-state index in [0.29, 0.717) is 28.0 Å². The smallest absolute Gasteiger partial charge is 0.239 e. The Morgan fingerprint density at radius 1 is 1.16 bits per heavy atom. The third-order valence-corrected chi connectivity index (χ3v) is 7.44. The molecule has 5 nitrogen and oxygen atoms in total. The summed E-state index contributed by atoms with van der Waals surface area (Å²) in [6, 6.07) is 9.70. The van der Waals surface area contributed by atoms with Crippen LogP contribution in [0.4, 0.5) is 9.52 Å². The van der Waals surface area contributed by atoms with Crippen LogP contribution in [-0.4, -0.2) is 54.8 Å². The summed E-state index contributed by atoms with van der Waals surface area (Å²) in [5.41, 5.74) is 0.654. The molecule has 31 heavy (non-hydrogen) atoms. The van der Waals surface area contributed by atoms with E-state index in [0.717, 1.165) is 29.2 Å². The molecule has 1 amide bonds. The summed E-state index contributed by atoms with van der Waals surface area (Å²) in [6.45, 7) is 7.26. The van der Waals surface area contributed by atoms with Crippen molar-refractivity contribution in [2.45, 2.75) is 18.7 Å². The molecule has 0 spiro atoms. The SMILES string of the molecule is CCN(CC)CCN(C(=O)CSc1ccc(F)cc1)c1nc2c(OC)ccc(Cl)c2s1. The zero-order valence-corrected chi connectivity index (χ0v) is 20.1. The Morgan fingerprint density at radius 3 is 2.52 bits per heavy atom. The van der Waals surface area contributed by atoms with E-state index < -0.39 is 0 Å². The van der Waals surface area contributed by atoms with Crippen LogP contribution < -0.4 is 9.64 Å². The summed E-state index contributed by atoms with van der Waals surface area (Å²) in [7, 11) is 1.59. The number of carbonyl (C=O) groups is 1. The third kappa shape index (κ3) is 5.88. The summed E-state index contributed by atoms with van der Waals surface area (Å²) in [4.78, 5) is 22.7. The van der Waals surface area contributed by atoms with Crippen molar-refractivity contribution in [2.24, 2.45) is 0 Å². The molecule has 1 heterocycles. The maximum Gasteiger partial charge on any atom is 0.239 e. The van der Waals surface area contributed by atoms with E-state index in [4.69, 9.17) is 21.3 Å². The Hall–Kier alpha value is -1.87. The molecule has 2 aromatic carbocycles. The van der Waals surface area contributed by atoms with Gasteiger partial charge in [-0.05, 0) is 49.5 Å². The number of carbonyl (C=O) groups excluding carboxylic acids is 1. The van der Waals surface area contributed by atoms with Gasteiger partial charge < -0.3 is 9.64 Å². The molecular weight excluding hydrogens is 457 g/mol. The number of amides is 1. The highest BCUT2D eigenvalue weighted by Gasteiger charge is 2.22. The van der Waals surface area contributed by atoms with Crippen LogP contribution in [0.1, 0.15) is 13.8 Å². The number of hydrogen-bond acceptors (Lipinski definition) is 6. The normalized spacial score (nSPS) is 11.3. The number of methoxy groups -OCH3 is 1. The predicted octanol–water partition coefficient (Wildman–Crippen LogP) is 5.56. The number of thioether (sulfide) groups is 1. The second-order valence-corrected chi connectivity index (χ2v) is 9.17. The van der Waals surface area contributed by atoms with Gasteiger partial charge in [0.1, 0.15) is 17.1 Å². The van der Waals surface area contributed by atoms with Gasteiger partial charge in [-0.2, -0.15) is 0 Å². The lowest BCUT2D eigenvalue weighted by molar-refractivity contribution is -0.116. The second-order valence-electron chi connectivity index (χ2n) is 6.74. The summed E-state index contributed by atoms with van der Waals surface area (Å²) in [5, 5.41) is 1.18. The van der Waals surface area contributed by atoms with E-state index in [1.165, 1.54) is 35.2 Å². The van der Waals surface area contributed by atoms with Gasteiger partial charge in [0, 0.05) is 18.0 Å². The summed E-state index contributed by atoms with van der Waals surface area (Å²) >= 11 is 9.14. The van der Waals surface area contributed by atoms with Gasteiger partial charge in [0.25, 0.3) is 0 Å². The first-order valence-corrected chi connectivity index (χ1v) is 12.2. The molecular formula is C22H25ClFN3O2S2. The molecule has 0 fully saturated rings. The van der Waals surface area contributed by atoms with Gasteiger partial charge >= 0.3 is 0 Å². The first-order valence-electron chi connectivity index (χ1n) is 10.0. The zero-order chi connectivity index (χ0) is 22.4. The van der Waals surface area contributed by atoms with Crippen molar-refractivity contribution < 1.29 is 13.9 Å². The summed E-state index contributed by atoms with van der Waals surface area (Å²) < 4.78 is 19.4. The Bertz CT molecular complexity index is 1030. The van der Waals surface area contributed by atoms with Crippen LogP contribution in [0.15, 0.2) is 41.3 Å². The average molecular weight is 482 g/mol. The zero-order valence-electron chi connectivity index (χ0n) is 17.7. The molecule has 0 atom stereocenters. The lowest BCUT2D eigenvalue weighted by atomic mass is 10.3. The van der Waals surface area contributed by atoms with Gasteiger partial charge in [-0.25, -0.2) is 9.37 Å². The number of thiazole rings is 1. The Labute approximate surface area is 195 Å². The highest BCUT2D eigenvalue weighted by molar-refractivity contribution is 8.00. The molecule has 166 valence electrons. The van der Waals surface area contributed by atoms with Gasteiger partial charge in [0.15, 0.2) is 5.13 Å². The molecule has 0 bridgehead atoms. The number of ether oxygens (including phenoxy) is 1. The third-order valence-electron chi connectivity index (χ3n) is 4.91. The summed E-state index contributed by atoms with van der Waals surface area (Å²) in [6.07, 6.45) is 0. The molecule has 0 radical (unpaired) electrons. The molecule has 3 rings (SSSR count). The van der Waals surface area contributed by atoms with Crippen LogP contribution in [0.3, 0.4) is 0 Å². The Balaban J connectivity index is 1.86. The fraction of sp³-hybridized carbons (Fsp3) is 0.364. The van der Waals surface area contributed by atoms with E-state index in [9.17, 15) is 9.18 Å². The first-order chi connectivity index (χ1) is 15.0. The van der Waals surface area contributed by atoms with Crippen molar-refractivity contribution >= 4 is 56.0 Å². The minimum atomic E-state index is -0.295. The fourth-order valence-electron chi connectivity index (χ4n) is 3.08. The monoisotopic (exact) mass is 481 g/mol. The van der Waals surface area contributed by atoms with Crippen molar-refractivity contribution in [3.05, 3.63) is 47.2 Å². The number of likely N-dealkylation sites (N-methyl/N-ethyl adjacent to an activating group) is 1. The maximum absolute atomic E-state index is 13.2. The van der Waals surface area contributed by atoms with Crippen molar-refractivity contribution in [3.8, 4) is 5.75 Å². The average Bonchev–Trinajstić information content (AvgIpc) is 3.22. The number of aromatic nitrogens is 1. The second kappa shape index (κ2) is 11.1. The molecule has 3 aromatic rings. The fourth-order valence-corrected chi connectivity index (χ4v) is 5.16. The topological polar surface area (TPSA) is 45.7 Å². The maximum atomic E-state index is 13.2. The lowest BCUT2D eigenvalue weighted by Crippen LogP contribution is -2.39. The Kier molecular flexibility index (Phi) is 8.54. The minimum absolute atomic E-state index is 0.0596. The molecule has 0 aliphatic heterocycles. The van der Waals surface area contributed by atoms with Crippen LogP contribution >= 0.6 is 34.7 Å². The quantitative estimate of drug-likeness (QED) is 0.354. The van der Waals surface area contributed by atoms with Crippen LogP contribution in [0, 0.1) is 5.82 Å². The van der Waals surface area contributed by atoms with Crippen LogP contribution in [0.2, 0.25) is 5.02 Å². The largest absolute Gasteiger partial charge is 0.494 e. The van der Waals surface area contributed by atoms with E-state index in [1.807, 2.05) is 0 Å². The van der Waals surface area contributed by atoms with E-state index in [-0.39, 0.29) is 17.5 Å². The highest BCUT2D eigenvalue weighted by Crippen LogP contribution is 2.39. The number of fused-ring (bicyclic) bond motifs is 1. The molecule has 0 N–H and O–H groups in total. The van der Waals surface area contributed by atoms with E-state index >= 15 is 0 Å².